The van der Waals surface area contributed by atoms with E-state index in [-0.39, 0.29) is 17.6 Å². The van der Waals surface area contributed by atoms with Crippen LogP contribution in [0.25, 0.3) is 11.4 Å². The highest BCUT2D eigenvalue weighted by atomic mass is 16.2. The standard InChI is InChI=1S/C19H25N5O2/c1-13-7-10-22(11-8-13)18(25)14(2)24-19(26)23(16-5-6-16)17(21-24)15-4-3-9-20-12-15/h3-4,9,12-14,16H,5-8,10-11H2,1-2H3. The minimum absolute atomic E-state index is 0.0165. The Balaban J connectivity index is 1.66. The van der Waals surface area contributed by atoms with Crippen LogP contribution in [0.3, 0.4) is 0 Å². The predicted octanol–water partition coefficient (Wildman–Crippen LogP) is 2.26. The maximum absolute atomic E-state index is 13.0. The van der Waals surface area contributed by atoms with Gasteiger partial charge >= 0.3 is 5.69 Å². The molecule has 2 aliphatic rings. The molecule has 0 radical (unpaired) electrons. The zero-order chi connectivity index (χ0) is 18.3. The number of carbonyl (C=O) groups is 1. The van der Waals surface area contributed by atoms with Crippen molar-refractivity contribution in [3.05, 3.63) is 35.0 Å². The Morgan fingerprint density at radius 2 is 1.96 bits per heavy atom. The fourth-order valence-electron chi connectivity index (χ4n) is 3.60. The molecule has 4 rings (SSSR count). The quantitative estimate of drug-likeness (QED) is 0.843. The smallest absolute Gasteiger partial charge is 0.341 e. The number of rotatable bonds is 4. The van der Waals surface area contributed by atoms with E-state index in [4.69, 9.17) is 0 Å². The lowest BCUT2D eigenvalue weighted by Gasteiger charge is -2.31. The number of hydrogen-bond acceptors (Lipinski definition) is 4. The van der Waals surface area contributed by atoms with E-state index in [1.54, 1.807) is 23.9 Å². The van der Waals surface area contributed by atoms with Gasteiger partial charge in [-0.3, -0.25) is 14.3 Å². The topological polar surface area (TPSA) is 73.0 Å². The van der Waals surface area contributed by atoms with Crippen molar-refractivity contribution < 1.29 is 4.79 Å². The van der Waals surface area contributed by atoms with Gasteiger partial charge in [-0.1, -0.05) is 6.92 Å². The van der Waals surface area contributed by atoms with Gasteiger partial charge in [0, 0.05) is 37.1 Å². The number of likely N-dealkylation sites (tertiary alicyclic amines) is 1. The summed E-state index contributed by atoms with van der Waals surface area (Å²) in [5, 5.41) is 4.55. The van der Waals surface area contributed by atoms with Gasteiger partial charge in [-0.15, -0.1) is 5.10 Å². The van der Waals surface area contributed by atoms with Crippen molar-refractivity contribution >= 4 is 5.91 Å². The molecule has 0 bridgehead atoms. The van der Waals surface area contributed by atoms with Crippen molar-refractivity contribution in [2.75, 3.05) is 13.1 Å². The molecule has 2 aromatic heterocycles. The number of pyridine rings is 1. The molecule has 0 N–H and O–H groups in total. The Morgan fingerprint density at radius 3 is 2.58 bits per heavy atom. The van der Waals surface area contributed by atoms with Crippen LogP contribution >= 0.6 is 0 Å². The summed E-state index contributed by atoms with van der Waals surface area (Å²) in [5.41, 5.74) is 0.610. The molecule has 138 valence electrons. The first-order valence-corrected chi connectivity index (χ1v) is 9.46. The molecule has 1 saturated carbocycles. The highest BCUT2D eigenvalue weighted by Gasteiger charge is 2.33. The van der Waals surface area contributed by atoms with Crippen LogP contribution in [0.15, 0.2) is 29.3 Å². The van der Waals surface area contributed by atoms with Gasteiger partial charge < -0.3 is 4.90 Å². The molecular weight excluding hydrogens is 330 g/mol. The van der Waals surface area contributed by atoms with Gasteiger partial charge in [0.2, 0.25) is 5.91 Å². The van der Waals surface area contributed by atoms with Gasteiger partial charge in [0.15, 0.2) is 5.82 Å². The van der Waals surface area contributed by atoms with Gasteiger partial charge in [-0.2, -0.15) is 0 Å². The first-order valence-electron chi connectivity index (χ1n) is 9.46. The third-order valence-electron chi connectivity index (χ3n) is 5.48. The van der Waals surface area contributed by atoms with Crippen LogP contribution in [0, 0.1) is 5.92 Å². The van der Waals surface area contributed by atoms with E-state index in [1.807, 2.05) is 17.0 Å². The van der Waals surface area contributed by atoms with Crippen molar-refractivity contribution in [3.63, 3.8) is 0 Å². The lowest BCUT2D eigenvalue weighted by atomic mass is 9.99. The molecule has 1 unspecified atom stereocenters. The number of amides is 1. The fourth-order valence-corrected chi connectivity index (χ4v) is 3.60. The summed E-state index contributed by atoms with van der Waals surface area (Å²) in [4.78, 5) is 31.9. The maximum Gasteiger partial charge on any atom is 0.347 e. The van der Waals surface area contributed by atoms with E-state index in [0.29, 0.717) is 11.7 Å². The van der Waals surface area contributed by atoms with Crippen LogP contribution < -0.4 is 5.69 Å². The molecule has 1 atom stereocenters. The molecule has 7 nitrogen and oxygen atoms in total. The second-order valence-electron chi connectivity index (χ2n) is 7.58. The SMILES string of the molecule is CC1CCN(C(=O)C(C)n2nc(-c3cccnc3)n(C3CC3)c2=O)CC1. The van der Waals surface area contributed by atoms with Crippen LogP contribution in [-0.4, -0.2) is 43.2 Å². The second kappa shape index (κ2) is 6.70. The highest BCUT2D eigenvalue weighted by molar-refractivity contribution is 5.80. The van der Waals surface area contributed by atoms with Crippen molar-refractivity contribution in [1.82, 2.24) is 24.2 Å². The molecule has 1 saturated heterocycles. The molecule has 3 heterocycles. The molecule has 1 aliphatic carbocycles. The number of nitrogens with zero attached hydrogens (tertiary/aromatic N) is 5. The van der Waals surface area contributed by atoms with Crippen LogP contribution in [0.5, 0.6) is 0 Å². The number of hydrogen-bond donors (Lipinski definition) is 0. The van der Waals surface area contributed by atoms with E-state index in [2.05, 4.69) is 17.0 Å². The van der Waals surface area contributed by atoms with E-state index >= 15 is 0 Å². The first kappa shape index (κ1) is 17.0. The Bertz CT molecular complexity index is 845. The lowest BCUT2D eigenvalue weighted by molar-refractivity contribution is -0.136. The second-order valence-corrected chi connectivity index (χ2v) is 7.58. The van der Waals surface area contributed by atoms with E-state index in [9.17, 15) is 9.59 Å². The fraction of sp³-hybridized carbons (Fsp3) is 0.579. The highest BCUT2D eigenvalue weighted by Crippen LogP contribution is 2.36. The normalized spacial score (nSPS) is 19.5. The zero-order valence-corrected chi connectivity index (χ0v) is 15.3. The molecule has 7 heteroatoms. The third-order valence-corrected chi connectivity index (χ3v) is 5.48. The molecule has 2 fully saturated rings. The summed E-state index contributed by atoms with van der Waals surface area (Å²) in [7, 11) is 0. The molecule has 1 amide bonds. The van der Waals surface area contributed by atoms with Gasteiger partial charge in [0.05, 0.1) is 0 Å². The van der Waals surface area contributed by atoms with Gasteiger partial charge in [-0.25, -0.2) is 9.48 Å². The van der Waals surface area contributed by atoms with E-state index in [0.717, 1.165) is 44.3 Å². The average Bonchev–Trinajstić information content (AvgIpc) is 3.44. The van der Waals surface area contributed by atoms with Crippen LogP contribution in [-0.2, 0) is 4.79 Å². The van der Waals surface area contributed by atoms with E-state index < -0.39 is 6.04 Å². The van der Waals surface area contributed by atoms with Gasteiger partial charge in [0.1, 0.15) is 6.04 Å². The minimum Gasteiger partial charge on any atom is -0.341 e. The average molecular weight is 355 g/mol. The van der Waals surface area contributed by atoms with Gasteiger partial charge in [-0.05, 0) is 50.7 Å². The summed E-state index contributed by atoms with van der Waals surface area (Å²) >= 11 is 0. The lowest BCUT2D eigenvalue weighted by Crippen LogP contribution is -2.43. The number of aromatic nitrogens is 4. The van der Waals surface area contributed by atoms with Crippen molar-refractivity contribution in [3.8, 4) is 11.4 Å². The molecule has 0 aromatic carbocycles. The largest absolute Gasteiger partial charge is 0.347 e. The van der Waals surface area contributed by atoms with Crippen LogP contribution in [0.4, 0.5) is 0 Å². The third kappa shape index (κ3) is 3.06. The van der Waals surface area contributed by atoms with Crippen molar-refractivity contribution in [2.24, 2.45) is 5.92 Å². The monoisotopic (exact) mass is 355 g/mol. The number of piperidine rings is 1. The summed E-state index contributed by atoms with van der Waals surface area (Å²) in [5.74, 6) is 1.25. The Kier molecular flexibility index (Phi) is 4.38. The first-order chi connectivity index (χ1) is 12.6. The summed E-state index contributed by atoms with van der Waals surface area (Å²) in [6.45, 7) is 5.52. The Hall–Kier alpha value is -2.44. The molecular formula is C19H25N5O2. The Morgan fingerprint density at radius 1 is 1.23 bits per heavy atom. The predicted molar refractivity (Wildman–Crippen MR) is 97.7 cm³/mol. The van der Waals surface area contributed by atoms with Gasteiger partial charge in [0.25, 0.3) is 0 Å². The van der Waals surface area contributed by atoms with Crippen LogP contribution in [0.2, 0.25) is 0 Å². The maximum atomic E-state index is 13.0. The van der Waals surface area contributed by atoms with Crippen molar-refractivity contribution in [2.45, 2.75) is 51.6 Å². The molecule has 26 heavy (non-hydrogen) atoms. The number of carbonyl (C=O) groups excluding carboxylic acids is 1. The minimum atomic E-state index is -0.591. The molecule has 1 aliphatic heterocycles. The summed E-state index contributed by atoms with van der Waals surface area (Å²) < 4.78 is 3.10. The van der Waals surface area contributed by atoms with E-state index in [1.165, 1.54) is 4.68 Å². The van der Waals surface area contributed by atoms with Crippen molar-refractivity contribution in [1.29, 1.82) is 0 Å². The summed E-state index contributed by atoms with van der Waals surface area (Å²) in [6, 6.07) is 3.33. The Labute approximate surface area is 152 Å². The molecule has 2 aromatic rings. The summed E-state index contributed by atoms with van der Waals surface area (Å²) in [6.07, 6.45) is 7.40. The van der Waals surface area contributed by atoms with Crippen LogP contribution in [0.1, 0.15) is 51.6 Å². The molecule has 0 spiro atoms. The zero-order valence-electron chi connectivity index (χ0n) is 15.3.